The molecule has 2 amide bonds. The zero-order valence-corrected chi connectivity index (χ0v) is 24.0. The summed E-state index contributed by atoms with van der Waals surface area (Å²) in [7, 11) is -1.15. The number of ether oxygens (including phenoxy) is 2. The van der Waals surface area contributed by atoms with Gasteiger partial charge in [-0.25, -0.2) is 8.42 Å². The highest BCUT2D eigenvalue weighted by Gasteiger charge is 2.36. The van der Waals surface area contributed by atoms with Gasteiger partial charge in [0.05, 0.1) is 48.9 Å². The molecule has 0 saturated carbocycles. The second-order valence-electron chi connectivity index (χ2n) is 9.93. The van der Waals surface area contributed by atoms with Gasteiger partial charge in [0.15, 0.2) is 5.75 Å². The second-order valence-corrected chi connectivity index (χ2v) is 12.0. The Balaban J connectivity index is 1.98. The van der Waals surface area contributed by atoms with Gasteiger partial charge in [-0.2, -0.15) is 17.5 Å². The predicted molar refractivity (Wildman–Crippen MR) is 144 cm³/mol. The summed E-state index contributed by atoms with van der Waals surface area (Å²) >= 11 is 0. The van der Waals surface area contributed by atoms with Gasteiger partial charge in [-0.15, -0.1) is 0 Å². The third-order valence-corrected chi connectivity index (χ3v) is 8.64. The summed E-state index contributed by atoms with van der Waals surface area (Å²) in [6.45, 7) is 2.99. The number of carbonyl (C=O) groups is 2. The van der Waals surface area contributed by atoms with Crippen LogP contribution in [0.1, 0.15) is 37.0 Å². The smallest absolute Gasteiger partial charge is 0.389 e. The zero-order valence-electron chi connectivity index (χ0n) is 23.1. The van der Waals surface area contributed by atoms with Gasteiger partial charge in [0.25, 0.3) is 5.91 Å². The van der Waals surface area contributed by atoms with Crippen molar-refractivity contribution in [1.82, 2.24) is 9.21 Å². The van der Waals surface area contributed by atoms with Crippen molar-refractivity contribution in [2.45, 2.75) is 49.9 Å². The molecule has 1 aliphatic heterocycles. The topological polar surface area (TPSA) is 125 Å². The maximum atomic E-state index is 13.5. The number of nitrogens with zero attached hydrogens (tertiary/aromatic N) is 2. The Kier molecular flexibility index (Phi) is 10.3. The molecule has 0 fully saturated rings. The number of hydrogen-bond donors (Lipinski definition) is 2. The number of amides is 2. The molecule has 226 valence electrons. The van der Waals surface area contributed by atoms with Crippen LogP contribution in [0, 0.1) is 5.92 Å². The quantitative estimate of drug-likeness (QED) is 0.427. The molecular weight excluding hydrogens is 567 g/mol. The van der Waals surface area contributed by atoms with E-state index in [0.717, 1.165) is 4.31 Å². The lowest BCUT2D eigenvalue weighted by Gasteiger charge is -2.38. The molecule has 14 heteroatoms. The van der Waals surface area contributed by atoms with Gasteiger partial charge >= 0.3 is 6.18 Å². The molecule has 3 atom stereocenters. The van der Waals surface area contributed by atoms with Crippen LogP contribution in [0.2, 0.25) is 0 Å². The summed E-state index contributed by atoms with van der Waals surface area (Å²) < 4.78 is 77.1. The van der Waals surface area contributed by atoms with E-state index >= 15 is 0 Å². The van der Waals surface area contributed by atoms with Crippen LogP contribution in [-0.2, 0) is 14.8 Å². The predicted octanol–water partition coefficient (Wildman–Crippen LogP) is 3.52. The average Bonchev–Trinajstić information content (AvgIpc) is 2.93. The van der Waals surface area contributed by atoms with Crippen molar-refractivity contribution >= 4 is 27.5 Å². The standard InChI is InChI=1S/C27H34F3N3O7S/c1-17-14-33(18(2)16-34)26(36)21-6-5-7-22(31-24(35)12-13-27(28,29)30)25(21)40-23(17)15-32(3)41(37,38)20-10-8-19(39-4)9-11-20/h5-11,17-18,23,34H,12-16H2,1-4H3,(H,31,35)/t17-,18+,23+/m0/s1. The Hall–Kier alpha value is -3.36. The number of fused-ring (bicyclic) bond motifs is 1. The first-order chi connectivity index (χ1) is 19.2. The summed E-state index contributed by atoms with van der Waals surface area (Å²) in [6.07, 6.45) is -7.56. The summed E-state index contributed by atoms with van der Waals surface area (Å²) in [5, 5.41) is 12.2. The van der Waals surface area contributed by atoms with Gasteiger partial charge in [0.1, 0.15) is 11.9 Å². The first-order valence-corrected chi connectivity index (χ1v) is 14.3. The number of anilines is 1. The molecule has 0 aromatic heterocycles. The van der Waals surface area contributed by atoms with Crippen molar-refractivity contribution in [1.29, 1.82) is 0 Å². The second kappa shape index (κ2) is 13.1. The molecule has 0 unspecified atom stereocenters. The molecule has 2 aromatic carbocycles. The normalized spacial score (nSPS) is 18.7. The van der Waals surface area contributed by atoms with E-state index in [2.05, 4.69) is 5.32 Å². The number of para-hydroxylation sites is 1. The number of halogens is 3. The van der Waals surface area contributed by atoms with E-state index in [0.29, 0.717) is 5.75 Å². The Bertz CT molecular complexity index is 1340. The van der Waals surface area contributed by atoms with Gasteiger partial charge in [0, 0.05) is 25.9 Å². The number of carbonyl (C=O) groups excluding carboxylic acids is 2. The number of hydrogen-bond acceptors (Lipinski definition) is 7. The van der Waals surface area contributed by atoms with Gasteiger partial charge < -0.3 is 24.8 Å². The fourth-order valence-electron chi connectivity index (χ4n) is 4.31. The molecule has 0 aliphatic carbocycles. The summed E-state index contributed by atoms with van der Waals surface area (Å²) in [5.74, 6) is -1.54. The highest BCUT2D eigenvalue weighted by molar-refractivity contribution is 7.89. The molecule has 0 bridgehead atoms. The SMILES string of the molecule is COc1ccc(S(=O)(=O)N(C)C[C@H]2Oc3c(NC(=O)CCC(F)(F)F)cccc3C(=O)N([C@H](C)CO)C[C@@H]2C)cc1. The molecule has 1 aliphatic rings. The van der Waals surface area contributed by atoms with E-state index in [1.165, 1.54) is 61.5 Å². The number of aliphatic hydroxyl groups is 1. The minimum Gasteiger partial charge on any atom is -0.497 e. The number of benzene rings is 2. The van der Waals surface area contributed by atoms with Crippen molar-refractivity contribution in [3.8, 4) is 11.5 Å². The molecule has 2 aromatic rings. The minimum atomic E-state index is -4.53. The minimum absolute atomic E-state index is 0.0106. The first-order valence-electron chi connectivity index (χ1n) is 12.9. The molecular formula is C27H34F3N3O7S. The van der Waals surface area contributed by atoms with Crippen LogP contribution >= 0.6 is 0 Å². The number of nitrogens with one attached hydrogen (secondary N) is 1. The third kappa shape index (κ3) is 7.89. The van der Waals surface area contributed by atoms with E-state index in [9.17, 15) is 36.3 Å². The molecule has 2 N–H and O–H groups in total. The molecule has 10 nitrogen and oxygen atoms in total. The Morgan fingerprint density at radius 1 is 1.24 bits per heavy atom. The molecule has 3 rings (SSSR count). The van der Waals surface area contributed by atoms with Crippen LogP contribution in [0.5, 0.6) is 11.5 Å². The summed E-state index contributed by atoms with van der Waals surface area (Å²) in [5.41, 5.74) is -0.0177. The van der Waals surface area contributed by atoms with E-state index in [4.69, 9.17) is 9.47 Å². The molecule has 0 saturated heterocycles. The van der Waals surface area contributed by atoms with Crippen LogP contribution in [-0.4, -0.2) is 86.7 Å². The number of methoxy groups -OCH3 is 1. The lowest BCUT2D eigenvalue weighted by Crippen LogP contribution is -2.50. The molecule has 41 heavy (non-hydrogen) atoms. The number of rotatable bonds is 10. The molecule has 1 heterocycles. The highest BCUT2D eigenvalue weighted by Crippen LogP contribution is 2.35. The van der Waals surface area contributed by atoms with Crippen LogP contribution in [0.4, 0.5) is 18.9 Å². The fraction of sp³-hybridized carbons (Fsp3) is 0.481. The van der Waals surface area contributed by atoms with Crippen LogP contribution in [0.15, 0.2) is 47.4 Å². The molecule has 0 radical (unpaired) electrons. The van der Waals surface area contributed by atoms with Crippen LogP contribution in [0.25, 0.3) is 0 Å². The number of aliphatic hydroxyl groups excluding tert-OH is 1. The van der Waals surface area contributed by atoms with Crippen LogP contribution in [0.3, 0.4) is 0 Å². The van der Waals surface area contributed by atoms with Crippen molar-refractivity contribution in [2.75, 3.05) is 39.2 Å². The third-order valence-electron chi connectivity index (χ3n) is 6.81. The van der Waals surface area contributed by atoms with Crippen molar-refractivity contribution < 1.29 is 45.8 Å². The average molecular weight is 602 g/mol. The maximum Gasteiger partial charge on any atom is 0.389 e. The monoisotopic (exact) mass is 601 g/mol. The Morgan fingerprint density at radius 2 is 1.90 bits per heavy atom. The van der Waals surface area contributed by atoms with E-state index in [1.807, 2.05) is 0 Å². The first kappa shape index (κ1) is 32.2. The lowest BCUT2D eigenvalue weighted by atomic mass is 9.99. The Labute approximate surface area is 237 Å². The largest absolute Gasteiger partial charge is 0.497 e. The summed E-state index contributed by atoms with van der Waals surface area (Å²) in [6, 6.07) is 9.49. The van der Waals surface area contributed by atoms with Crippen LogP contribution < -0.4 is 14.8 Å². The number of sulfonamides is 1. The lowest BCUT2D eigenvalue weighted by molar-refractivity contribution is -0.142. The van der Waals surface area contributed by atoms with Gasteiger partial charge in [0.2, 0.25) is 15.9 Å². The highest BCUT2D eigenvalue weighted by atomic mass is 32.2. The van der Waals surface area contributed by atoms with Gasteiger partial charge in [-0.1, -0.05) is 13.0 Å². The van der Waals surface area contributed by atoms with E-state index < -0.39 is 58.9 Å². The van der Waals surface area contributed by atoms with E-state index in [-0.39, 0.29) is 41.6 Å². The number of alkyl halides is 3. The molecule has 0 spiro atoms. The van der Waals surface area contributed by atoms with Crippen molar-refractivity contribution in [3.05, 3.63) is 48.0 Å². The van der Waals surface area contributed by atoms with Gasteiger partial charge in [-0.3, -0.25) is 9.59 Å². The van der Waals surface area contributed by atoms with Gasteiger partial charge in [-0.05, 0) is 43.3 Å². The number of likely N-dealkylation sites (N-methyl/N-ethyl adjacent to an activating group) is 1. The summed E-state index contributed by atoms with van der Waals surface area (Å²) in [4.78, 5) is 27.3. The van der Waals surface area contributed by atoms with Crippen molar-refractivity contribution in [2.24, 2.45) is 5.92 Å². The Morgan fingerprint density at radius 3 is 2.49 bits per heavy atom. The van der Waals surface area contributed by atoms with Crippen molar-refractivity contribution in [3.63, 3.8) is 0 Å². The maximum absolute atomic E-state index is 13.5. The van der Waals surface area contributed by atoms with E-state index in [1.54, 1.807) is 13.8 Å². The zero-order chi connectivity index (χ0) is 30.5. The fourth-order valence-corrected chi connectivity index (χ4v) is 5.49.